The minimum Gasteiger partial charge on any atom is -0.598 e. The van der Waals surface area contributed by atoms with Crippen molar-refractivity contribution in [1.29, 1.82) is 0 Å². The number of hydrogen-bond donors (Lipinski definition) is 2. The average molecular weight is 395 g/mol. The first-order valence-electron chi connectivity index (χ1n) is 9.92. The Hall–Kier alpha value is -1.24. The van der Waals surface area contributed by atoms with Gasteiger partial charge in [0.2, 0.25) is 0 Å². The largest absolute Gasteiger partial charge is 0.598 e. The summed E-state index contributed by atoms with van der Waals surface area (Å²) >= 11 is -1.18. The fraction of sp³-hybridized carbons (Fsp3) is 0.667. The van der Waals surface area contributed by atoms with Crippen LogP contribution in [0, 0.1) is 5.92 Å². The van der Waals surface area contributed by atoms with E-state index in [-0.39, 0.29) is 23.4 Å². The normalized spacial score (nSPS) is 19.1. The second kappa shape index (κ2) is 10.3. The van der Waals surface area contributed by atoms with Crippen molar-refractivity contribution in [3.8, 4) is 0 Å². The Kier molecular flexibility index (Phi) is 8.45. The number of ether oxygens (including phenoxy) is 1. The molecule has 0 radical (unpaired) electrons. The Morgan fingerprint density at radius 2 is 1.85 bits per heavy atom. The third-order valence-electron chi connectivity index (χ3n) is 5.05. The maximum absolute atomic E-state index is 12.7. The van der Waals surface area contributed by atoms with Crippen LogP contribution in [0.5, 0.6) is 0 Å². The summed E-state index contributed by atoms with van der Waals surface area (Å²) in [6.45, 7) is 8.09. The van der Waals surface area contributed by atoms with Gasteiger partial charge in [-0.15, -0.1) is 4.72 Å². The number of alkyl carbamates (subject to hydrolysis) is 1. The van der Waals surface area contributed by atoms with Crippen molar-refractivity contribution in [2.75, 3.05) is 0 Å². The van der Waals surface area contributed by atoms with Gasteiger partial charge in [0.25, 0.3) is 0 Å². The summed E-state index contributed by atoms with van der Waals surface area (Å²) in [5, 5.41) is 2.95. The summed E-state index contributed by atoms with van der Waals surface area (Å²) in [4.78, 5) is 12.3. The summed E-state index contributed by atoms with van der Waals surface area (Å²) in [5.74, 6) is 0.412. The van der Waals surface area contributed by atoms with E-state index in [1.807, 2.05) is 58.0 Å². The van der Waals surface area contributed by atoms with Gasteiger partial charge in [0.15, 0.2) is 0 Å². The lowest BCUT2D eigenvalue weighted by molar-refractivity contribution is 0.131. The van der Waals surface area contributed by atoms with E-state index in [0.717, 1.165) is 18.4 Å². The van der Waals surface area contributed by atoms with Crippen LogP contribution < -0.4 is 10.0 Å². The van der Waals surface area contributed by atoms with Gasteiger partial charge in [0, 0.05) is 17.4 Å². The van der Waals surface area contributed by atoms with Crippen molar-refractivity contribution < 1.29 is 14.1 Å². The molecule has 1 unspecified atom stereocenters. The average Bonchev–Trinajstić information content (AvgIpc) is 2.65. The summed E-state index contributed by atoms with van der Waals surface area (Å²) in [7, 11) is 0. The van der Waals surface area contributed by atoms with Gasteiger partial charge in [-0.2, -0.15) is 0 Å². The third kappa shape index (κ3) is 7.35. The molecule has 0 aromatic heterocycles. The molecule has 27 heavy (non-hydrogen) atoms. The fourth-order valence-electron chi connectivity index (χ4n) is 3.44. The van der Waals surface area contributed by atoms with Crippen LogP contribution in [0.3, 0.4) is 0 Å². The molecule has 0 heterocycles. The van der Waals surface area contributed by atoms with E-state index in [0.29, 0.717) is 5.92 Å². The Morgan fingerprint density at radius 3 is 2.44 bits per heavy atom. The molecule has 0 saturated heterocycles. The van der Waals surface area contributed by atoms with Crippen LogP contribution in [-0.2, 0) is 22.7 Å². The summed E-state index contributed by atoms with van der Waals surface area (Å²) in [6.07, 6.45) is 5.41. The van der Waals surface area contributed by atoms with Crippen LogP contribution in [0.1, 0.15) is 65.4 Å². The molecule has 1 aromatic carbocycles. The monoisotopic (exact) mass is 394 g/mol. The van der Waals surface area contributed by atoms with Crippen molar-refractivity contribution >= 4 is 17.5 Å². The van der Waals surface area contributed by atoms with Gasteiger partial charge in [-0.05, 0) is 52.0 Å². The van der Waals surface area contributed by atoms with Gasteiger partial charge in [0.1, 0.15) is 11.4 Å². The highest BCUT2D eigenvalue weighted by atomic mass is 32.2. The zero-order chi connectivity index (χ0) is 19.9. The number of carbonyl (C=O) groups is 1. The van der Waals surface area contributed by atoms with Crippen LogP contribution >= 0.6 is 0 Å². The molecule has 1 fully saturated rings. The van der Waals surface area contributed by atoms with Crippen LogP contribution in [0.25, 0.3) is 0 Å². The predicted octanol–water partition coefficient (Wildman–Crippen LogP) is 4.30. The van der Waals surface area contributed by atoms with Crippen molar-refractivity contribution in [2.45, 2.75) is 83.2 Å². The molecule has 0 spiro atoms. The SMILES string of the molecule is C[C@H](NC(=O)OCc1ccccc1)[C@H](N[S+]([O-])C(C)(C)C)C1CCCCC1. The first kappa shape index (κ1) is 22.1. The molecule has 1 amide bonds. The maximum atomic E-state index is 12.7. The molecule has 1 aliphatic carbocycles. The first-order valence-corrected chi connectivity index (χ1v) is 11.1. The molecule has 2 N–H and O–H groups in total. The molecule has 0 aliphatic heterocycles. The molecule has 0 bridgehead atoms. The summed E-state index contributed by atoms with van der Waals surface area (Å²) < 4.78 is 21.0. The van der Waals surface area contributed by atoms with E-state index >= 15 is 0 Å². The number of carbonyl (C=O) groups excluding carboxylic acids is 1. The topological polar surface area (TPSA) is 73.4 Å². The predicted molar refractivity (Wildman–Crippen MR) is 111 cm³/mol. The quantitative estimate of drug-likeness (QED) is 0.676. The summed E-state index contributed by atoms with van der Waals surface area (Å²) in [5.41, 5.74) is 0.955. The Bertz CT molecular complexity index is 571. The number of amides is 1. The standard InChI is InChI=1S/C21H34N2O3S/c1-16(22-20(24)26-15-17-11-7-5-8-12-17)19(18-13-9-6-10-14-18)23-27(25)21(2,3)4/h5,7-8,11-12,16,18-19,23H,6,9-10,13-15H2,1-4H3,(H,22,24)/t16-,19-,27?/m0/s1. The van der Waals surface area contributed by atoms with Gasteiger partial charge < -0.3 is 14.6 Å². The zero-order valence-corrected chi connectivity index (χ0v) is 17.8. The Balaban J connectivity index is 1.94. The Morgan fingerprint density at radius 1 is 1.22 bits per heavy atom. The second-order valence-corrected chi connectivity index (χ2v) is 10.4. The van der Waals surface area contributed by atoms with E-state index in [9.17, 15) is 9.35 Å². The van der Waals surface area contributed by atoms with Gasteiger partial charge >= 0.3 is 6.09 Å². The lowest BCUT2D eigenvalue weighted by Gasteiger charge is -2.37. The molecule has 1 aliphatic rings. The van der Waals surface area contributed by atoms with E-state index in [1.165, 1.54) is 19.3 Å². The van der Waals surface area contributed by atoms with Crippen molar-refractivity contribution in [3.63, 3.8) is 0 Å². The third-order valence-corrected chi connectivity index (χ3v) is 6.65. The smallest absolute Gasteiger partial charge is 0.407 e. The lowest BCUT2D eigenvalue weighted by atomic mass is 9.82. The first-order chi connectivity index (χ1) is 12.8. The summed E-state index contributed by atoms with van der Waals surface area (Å²) in [6, 6.07) is 9.43. The van der Waals surface area contributed by atoms with Crippen LogP contribution in [0.2, 0.25) is 0 Å². The minimum absolute atomic E-state index is 0.0327. The molecular formula is C21H34N2O3S. The Labute approximate surface area is 167 Å². The van der Waals surface area contributed by atoms with Gasteiger partial charge in [-0.1, -0.05) is 49.6 Å². The van der Waals surface area contributed by atoms with Gasteiger partial charge in [-0.25, -0.2) is 4.79 Å². The van der Waals surface area contributed by atoms with E-state index in [4.69, 9.17) is 4.74 Å². The van der Waals surface area contributed by atoms with E-state index < -0.39 is 17.5 Å². The van der Waals surface area contributed by atoms with Crippen molar-refractivity contribution in [3.05, 3.63) is 35.9 Å². The highest BCUT2D eigenvalue weighted by molar-refractivity contribution is 7.90. The van der Waals surface area contributed by atoms with Crippen molar-refractivity contribution in [1.82, 2.24) is 10.0 Å². The molecule has 152 valence electrons. The van der Waals surface area contributed by atoms with E-state index in [2.05, 4.69) is 10.0 Å². The van der Waals surface area contributed by atoms with E-state index in [1.54, 1.807) is 0 Å². The number of nitrogens with one attached hydrogen (secondary N) is 2. The van der Waals surface area contributed by atoms with Crippen LogP contribution in [0.4, 0.5) is 4.79 Å². The lowest BCUT2D eigenvalue weighted by Crippen LogP contribution is -2.56. The highest BCUT2D eigenvalue weighted by Crippen LogP contribution is 2.29. The maximum Gasteiger partial charge on any atom is 0.407 e. The molecular weight excluding hydrogens is 360 g/mol. The fourth-order valence-corrected chi connectivity index (χ4v) is 4.44. The second-order valence-electron chi connectivity index (χ2n) is 8.42. The molecule has 6 heteroatoms. The van der Waals surface area contributed by atoms with Gasteiger partial charge in [-0.3, -0.25) is 0 Å². The number of hydrogen-bond acceptors (Lipinski definition) is 4. The molecule has 3 atom stereocenters. The molecule has 5 nitrogen and oxygen atoms in total. The van der Waals surface area contributed by atoms with Gasteiger partial charge in [0.05, 0.1) is 6.04 Å². The molecule has 1 saturated carbocycles. The zero-order valence-electron chi connectivity index (χ0n) is 17.0. The highest BCUT2D eigenvalue weighted by Gasteiger charge is 2.36. The number of benzene rings is 1. The van der Waals surface area contributed by atoms with Crippen LogP contribution in [-0.4, -0.2) is 27.5 Å². The minimum atomic E-state index is -1.18. The number of rotatable bonds is 7. The molecule has 1 aromatic rings. The molecule has 2 rings (SSSR count). The van der Waals surface area contributed by atoms with Crippen molar-refractivity contribution in [2.24, 2.45) is 5.92 Å². The van der Waals surface area contributed by atoms with Crippen LogP contribution in [0.15, 0.2) is 30.3 Å².